The number of para-hydroxylation sites is 1. The van der Waals surface area contributed by atoms with E-state index < -0.39 is 0 Å². The lowest BCUT2D eigenvalue weighted by atomic mass is 10.2. The van der Waals surface area contributed by atoms with E-state index >= 15 is 0 Å². The lowest BCUT2D eigenvalue weighted by molar-refractivity contribution is 0.0954. The first-order valence-electron chi connectivity index (χ1n) is 8.52. The van der Waals surface area contributed by atoms with Gasteiger partial charge in [0.25, 0.3) is 5.91 Å². The average molecular weight is 345 g/mol. The molecule has 0 saturated heterocycles. The predicted octanol–water partition coefficient (Wildman–Crippen LogP) is 3.03. The van der Waals surface area contributed by atoms with E-state index in [1.807, 2.05) is 55.6 Å². The lowest BCUT2D eigenvalue weighted by Crippen LogP contribution is -2.25. The summed E-state index contributed by atoms with van der Waals surface area (Å²) in [4.78, 5) is 24.1. The highest BCUT2D eigenvalue weighted by Crippen LogP contribution is 2.13. The second-order valence-corrected chi connectivity index (χ2v) is 6.13. The fourth-order valence-electron chi connectivity index (χ4n) is 2.99. The number of imidazole rings is 2. The van der Waals surface area contributed by atoms with E-state index in [0.29, 0.717) is 18.5 Å². The molecule has 6 heteroatoms. The van der Waals surface area contributed by atoms with E-state index in [-0.39, 0.29) is 5.91 Å². The summed E-state index contributed by atoms with van der Waals surface area (Å²) in [6.07, 6.45) is 4.32. The Morgan fingerprint density at radius 1 is 1.19 bits per heavy atom. The summed E-state index contributed by atoms with van der Waals surface area (Å²) in [5, 5.41) is 2.95. The van der Waals surface area contributed by atoms with Crippen molar-refractivity contribution < 1.29 is 4.79 Å². The number of H-pyrrole nitrogens is 1. The van der Waals surface area contributed by atoms with Gasteiger partial charge in [-0.1, -0.05) is 18.2 Å². The van der Waals surface area contributed by atoms with Gasteiger partial charge in [-0.3, -0.25) is 4.79 Å². The van der Waals surface area contributed by atoms with Crippen LogP contribution in [0.4, 0.5) is 0 Å². The number of hydrogen-bond donors (Lipinski definition) is 2. The molecule has 6 nitrogen and oxygen atoms in total. The Kier molecular flexibility index (Phi) is 4.23. The summed E-state index contributed by atoms with van der Waals surface area (Å²) in [7, 11) is 0. The van der Waals surface area contributed by atoms with Crippen LogP contribution >= 0.6 is 0 Å². The number of aromatic amines is 1. The van der Waals surface area contributed by atoms with Crippen molar-refractivity contribution in [3.63, 3.8) is 0 Å². The molecule has 0 bridgehead atoms. The van der Waals surface area contributed by atoms with Crippen LogP contribution in [0.15, 0.2) is 61.1 Å². The number of aryl methyl sites for hydroxylation is 1. The molecule has 1 amide bonds. The Morgan fingerprint density at radius 3 is 2.88 bits per heavy atom. The van der Waals surface area contributed by atoms with Crippen LogP contribution in [0.3, 0.4) is 0 Å². The molecule has 0 atom stereocenters. The van der Waals surface area contributed by atoms with Crippen molar-refractivity contribution in [2.75, 3.05) is 6.54 Å². The molecule has 0 aliphatic carbocycles. The molecule has 26 heavy (non-hydrogen) atoms. The van der Waals surface area contributed by atoms with Crippen molar-refractivity contribution in [2.24, 2.45) is 0 Å². The predicted molar refractivity (Wildman–Crippen MR) is 100 cm³/mol. The molecule has 2 aromatic heterocycles. The number of amides is 1. The largest absolute Gasteiger partial charge is 0.352 e. The van der Waals surface area contributed by atoms with Crippen molar-refractivity contribution >= 4 is 16.9 Å². The van der Waals surface area contributed by atoms with Crippen LogP contribution in [0.5, 0.6) is 0 Å². The summed E-state index contributed by atoms with van der Waals surface area (Å²) in [5.41, 5.74) is 4.36. The number of fused-ring (bicyclic) bond motifs is 1. The minimum atomic E-state index is -0.0966. The van der Waals surface area contributed by atoms with Crippen molar-refractivity contribution in [3.05, 3.63) is 78.1 Å². The highest BCUT2D eigenvalue weighted by atomic mass is 16.1. The first-order valence-corrected chi connectivity index (χ1v) is 8.52. The minimum absolute atomic E-state index is 0.0966. The molecule has 0 fully saturated rings. The van der Waals surface area contributed by atoms with E-state index in [0.717, 1.165) is 28.2 Å². The summed E-state index contributed by atoms with van der Waals surface area (Å²) >= 11 is 0. The van der Waals surface area contributed by atoms with Gasteiger partial charge in [-0.2, -0.15) is 0 Å². The van der Waals surface area contributed by atoms with Gasteiger partial charge >= 0.3 is 0 Å². The first kappa shape index (κ1) is 16.1. The SMILES string of the molecule is Cc1nc(CCNC(=O)c2ccc3nc[nH]c3c2)cn1-c1ccccc1. The van der Waals surface area contributed by atoms with Crippen LogP contribution in [0, 0.1) is 6.92 Å². The quantitative estimate of drug-likeness (QED) is 0.584. The van der Waals surface area contributed by atoms with Gasteiger partial charge in [-0.05, 0) is 37.3 Å². The molecular weight excluding hydrogens is 326 g/mol. The first-order chi connectivity index (χ1) is 12.7. The van der Waals surface area contributed by atoms with Crippen molar-refractivity contribution in [1.29, 1.82) is 0 Å². The zero-order valence-corrected chi connectivity index (χ0v) is 14.4. The molecule has 0 radical (unpaired) electrons. The fourth-order valence-corrected chi connectivity index (χ4v) is 2.99. The van der Waals surface area contributed by atoms with Crippen LogP contribution in [0.1, 0.15) is 21.9 Å². The Bertz CT molecular complexity index is 1050. The van der Waals surface area contributed by atoms with Gasteiger partial charge < -0.3 is 14.9 Å². The Balaban J connectivity index is 1.39. The lowest BCUT2D eigenvalue weighted by Gasteiger charge is -2.04. The van der Waals surface area contributed by atoms with Crippen molar-refractivity contribution in [2.45, 2.75) is 13.3 Å². The molecule has 2 heterocycles. The summed E-state index contributed by atoms with van der Waals surface area (Å²) in [5.74, 6) is 0.836. The second-order valence-electron chi connectivity index (χ2n) is 6.13. The molecule has 130 valence electrons. The molecule has 4 rings (SSSR count). The number of carbonyl (C=O) groups is 1. The van der Waals surface area contributed by atoms with Crippen LogP contribution in [0.2, 0.25) is 0 Å². The van der Waals surface area contributed by atoms with Crippen molar-refractivity contribution in [1.82, 2.24) is 24.8 Å². The van der Waals surface area contributed by atoms with Crippen LogP contribution in [0.25, 0.3) is 16.7 Å². The molecule has 4 aromatic rings. The fraction of sp³-hybridized carbons (Fsp3) is 0.150. The Hall–Kier alpha value is -3.41. The highest BCUT2D eigenvalue weighted by Gasteiger charge is 2.09. The summed E-state index contributed by atoms with van der Waals surface area (Å²) in [6, 6.07) is 15.5. The maximum atomic E-state index is 12.3. The van der Waals surface area contributed by atoms with E-state index in [9.17, 15) is 4.79 Å². The molecule has 2 aromatic carbocycles. The van der Waals surface area contributed by atoms with Gasteiger partial charge in [0, 0.05) is 30.4 Å². The van der Waals surface area contributed by atoms with E-state index in [1.165, 1.54) is 0 Å². The number of aromatic nitrogens is 4. The third-order valence-corrected chi connectivity index (χ3v) is 4.32. The number of hydrogen-bond acceptors (Lipinski definition) is 3. The maximum absolute atomic E-state index is 12.3. The molecule has 0 aliphatic rings. The zero-order valence-electron chi connectivity index (χ0n) is 14.4. The van der Waals surface area contributed by atoms with Gasteiger partial charge in [-0.25, -0.2) is 9.97 Å². The molecule has 0 spiro atoms. The number of benzene rings is 2. The molecule has 0 aliphatic heterocycles. The maximum Gasteiger partial charge on any atom is 0.251 e. The Labute approximate surface area is 150 Å². The number of nitrogens with zero attached hydrogens (tertiary/aromatic N) is 3. The van der Waals surface area contributed by atoms with Crippen molar-refractivity contribution in [3.8, 4) is 5.69 Å². The smallest absolute Gasteiger partial charge is 0.251 e. The number of rotatable bonds is 5. The normalized spacial score (nSPS) is 11.0. The summed E-state index contributed by atoms with van der Waals surface area (Å²) in [6.45, 7) is 2.51. The van der Waals surface area contributed by atoms with Gasteiger partial charge in [0.1, 0.15) is 5.82 Å². The second kappa shape index (κ2) is 6.84. The van der Waals surface area contributed by atoms with Crippen LogP contribution in [-0.2, 0) is 6.42 Å². The third kappa shape index (κ3) is 3.21. The Morgan fingerprint density at radius 2 is 2.04 bits per heavy atom. The zero-order chi connectivity index (χ0) is 17.9. The van der Waals surface area contributed by atoms with E-state index in [1.54, 1.807) is 12.4 Å². The summed E-state index contributed by atoms with van der Waals surface area (Å²) < 4.78 is 2.06. The van der Waals surface area contributed by atoms with Gasteiger partial charge in [-0.15, -0.1) is 0 Å². The minimum Gasteiger partial charge on any atom is -0.352 e. The monoisotopic (exact) mass is 345 g/mol. The number of carbonyl (C=O) groups excluding carboxylic acids is 1. The molecule has 2 N–H and O–H groups in total. The van der Waals surface area contributed by atoms with Gasteiger partial charge in [0.2, 0.25) is 0 Å². The third-order valence-electron chi connectivity index (χ3n) is 4.32. The molecule has 0 saturated carbocycles. The van der Waals surface area contributed by atoms with E-state index in [2.05, 4.69) is 24.8 Å². The standard InChI is InChI=1S/C20H19N5O/c1-14-24-16(12-25(14)17-5-3-2-4-6-17)9-10-21-20(26)15-7-8-18-19(11-15)23-13-22-18/h2-8,11-13H,9-10H2,1H3,(H,21,26)(H,22,23). The van der Waals surface area contributed by atoms with E-state index in [4.69, 9.17) is 0 Å². The molecule has 0 unspecified atom stereocenters. The average Bonchev–Trinajstić information content (AvgIpc) is 3.28. The van der Waals surface area contributed by atoms with Crippen LogP contribution < -0.4 is 5.32 Å². The number of nitrogens with one attached hydrogen (secondary N) is 2. The van der Waals surface area contributed by atoms with Gasteiger partial charge in [0.15, 0.2) is 0 Å². The van der Waals surface area contributed by atoms with Gasteiger partial charge in [0.05, 0.1) is 23.1 Å². The topological polar surface area (TPSA) is 75.6 Å². The van der Waals surface area contributed by atoms with Crippen LogP contribution in [-0.4, -0.2) is 32.0 Å². The highest BCUT2D eigenvalue weighted by molar-refractivity contribution is 5.97. The molecular formula is C20H19N5O.